The van der Waals surface area contributed by atoms with Crippen molar-refractivity contribution in [2.45, 2.75) is 85.0 Å². The number of Topliss-reactive ketones (excluding diaryl/α,β-unsaturated/α-hetero) is 1. The summed E-state index contributed by atoms with van der Waals surface area (Å²) in [6.07, 6.45) is 1.12. The van der Waals surface area contributed by atoms with Crippen molar-refractivity contribution in [2.24, 2.45) is 40.9 Å². The van der Waals surface area contributed by atoms with Crippen molar-refractivity contribution in [3.8, 4) is 23.0 Å². The highest BCUT2D eigenvalue weighted by atomic mass is 32.2. The summed E-state index contributed by atoms with van der Waals surface area (Å²) in [6, 6.07) is 36.7. The third kappa shape index (κ3) is 18.6. The van der Waals surface area contributed by atoms with E-state index in [1.807, 2.05) is 82.3 Å². The predicted octanol–water partition coefficient (Wildman–Crippen LogP) is 16.4. The van der Waals surface area contributed by atoms with Gasteiger partial charge in [-0.15, -0.1) is 10.2 Å². The molecule has 0 saturated heterocycles. The lowest BCUT2D eigenvalue weighted by Gasteiger charge is -2.16. The molecule has 0 aromatic heterocycles. The Kier molecular flexibility index (Phi) is 21.7. The summed E-state index contributed by atoms with van der Waals surface area (Å²) < 4.78 is 122. The Bertz CT molecular complexity index is 4380. The molecule has 0 fully saturated rings. The molecular formula is C63H66N8O14S3. The van der Waals surface area contributed by atoms with E-state index in [-0.39, 0.29) is 66.8 Å². The maximum atomic E-state index is 14.2. The fraction of sp³-hybridized carbons (Fsp3) is 0.286. The molecule has 22 nitrogen and oxygen atoms in total. The van der Waals surface area contributed by atoms with Crippen LogP contribution in [0.3, 0.4) is 0 Å². The van der Waals surface area contributed by atoms with E-state index >= 15 is 0 Å². The number of benzene rings is 8. The minimum atomic E-state index is -4.41. The van der Waals surface area contributed by atoms with E-state index in [0.717, 1.165) is 28.3 Å². The van der Waals surface area contributed by atoms with Gasteiger partial charge in [-0.2, -0.15) is 55.9 Å². The van der Waals surface area contributed by atoms with Crippen LogP contribution < -0.4 is 18.9 Å². The molecule has 0 bridgehead atoms. The zero-order valence-electron chi connectivity index (χ0n) is 49.2. The topological polar surface area (TPSA) is 316 Å². The van der Waals surface area contributed by atoms with Crippen LogP contribution in [0.4, 0.5) is 45.5 Å². The lowest BCUT2D eigenvalue weighted by Crippen LogP contribution is -2.12. The second-order valence-corrected chi connectivity index (χ2v) is 25.3. The first-order valence-corrected chi connectivity index (χ1v) is 32.7. The zero-order chi connectivity index (χ0) is 63.2. The van der Waals surface area contributed by atoms with Crippen LogP contribution >= 0.6 is 0 Å². The molecule has 8 aromatic carbocycles. The van der Waals surface area contributed by atoms with E-state index in [2.05, 4.69) is 40.9 Å². The van der Waals surface area contributed by atoms with Gasteiger partial charge >= 0.3 is 0 Å². The third-order valence-electron chi connectivity index (χ3n) is 13.5. The highest BCUT2D eigenvalue weighted by Crippen LogP contribution is 2.41. The highest BCUT2D eigenvalue weighted by molar-refractivity contribution is 7.86. The van der Waals surface area contributed by atoms with E-state index in [1.165, 1.54) is 24.3 Å². The molecule has 0 saturated carbocycles. The maximum Gasteiger partial charge on any atom is 0.294 e. The number of azo groups is 4. The second kappa shape index (κ2) is 29.3. The molecule has 0 aliphatic heterocycles. The first kappa shape index (κ1) is 65.3. The van der Waals surface area contributed by atoms with E-state index < -0.39 is 41.9 Å². The SMILES string of the molecule is CCCOc1cc(N=Nc2cc(C)c(N=Nc3ccc4ccccc4c3)cc2OCCC)c(C)cc1CC(=O)Cc1cc(C)c(N=Nc2cc(C)c(N=Nc3ccc4cc(S(=O)(=O)O)ccc4c3)cc2OCCCS(=O)(=O)O)cc1OCCCS(=O)(=O)O. The van der Waals surface area contributed by atoms with E-state index in [1.54, 1.807) is 62.4 Å². The van der Waals surface area contributed by atoms with Gasteiger partial charge in [0.15, 0.2) is 0 Å². The van der Waals surface area contributed by atoms with Gasteiger partial charge in [-0.05, 0) is 158 Å². The maximum absolute atomic E-state index is 14.2. The normalized spacial score (nSPS) is 12.4. The molecular weight excluding hydrogens is 1190 g/mol. The predicted molar refractivity (Wildman–Crippen MR) is 336 cm³/mol. The van der Waals surface area contributed by atoms with Crippen LogP contribution in [0, 0.1) is 27.7 Å². The minimum Gasteiger partial charge on any atom is -0.493 e. The summed E-state index contributed by atoms with van der Waals surface area (Å²) >= 11 is 0. The molecule has 8 aromatic rings. The first-order valence-electron chi connectivity index (χ1n) is 28.1. The molecule has 0 heterocycles. The van der Waals surface area contributed by atoms with Gasteiger partial charge in [-0.1, -0.05) is 56.3 Å². The van der Waals surface area contributed by atoms with Crippen molar-refractivity contribution in [3.63, 3.8) is 0 Å². The molecule has 0 atom stereocenters. The lowest BCUT2D eigenvalue weighted by molar-refractivity contribution is -0.117. The van der Waals surface area contributed by atoms with Crippen molar-refractivity contribution in [2.75, 3.05) is 37.9 Å². The van der Waals surface area contributed by atoms with Gasteiger partial charge in [0.05, 0.1) is 77.0 Å². The Hall–Kier alpha value is -8.72. The Morgan fingerprint density at radius 2 is 0.761 bits per heavy atom. The Morgan fingerprint density at radius 3 is 1.23 bits per heavy atom. The average Bonchev–Trinajstić information content (AvgIpc) is 3.61. The standard InChI is InChI=1S/C63H66N8O14S3/c1-7-21-82-60-36-54(68-70-58-29-42(5)56(38-62(58)83-22-8-2)66-64-50-18-15-44-13-9-10-14-45(44)31-50)40(3)27-48(60)33-52(72)34-49-28-41(4)55(37-61(49)84-23-11-25-86(73,74)75)69-71-59-30-43(6)57(39-63(59)85-24-12-26-87(76,77)78)67-65-51-19-16-47-35-53(88(79,80)81)20-17-46(47)32-51/h9-10,13-20,27-32,35-39H,7-8,11-12,21-26,33-34H2,1-6H3,(H,73,74,75)(H,76,77,78)(H,79,80,81). The van der Waals surface area contributed by atoms with Crippen molar-refractivity contribution in [3.05, 3.63) is 161 Å². The molecule has 0 aliphatic carbocycles. The molecule has 8 rings (SSSR count). The largest absolute Gasteiger partial charge is 0.493 e. The quantitative estimate of drug-likeness (QED) is 0.0223. The minimum absolute atomic E-state index is 0.0476. The molecule has 460 valence electrons. The monoisotopic (exact) mass is 1250 g/mol. The van der Waals surface area contributed by atoms with Crippen molar-refractivity contribution in [1.29, 1.82) is 0 Å². The average molecular weight is 1260 g/mol. The molecule has 0 unspecified atom stereocenters. The number of fused-ring (bicyclic) bond motifs is 2. The van der Waals surface area contributed by atoms with E-state index in [4.69, 9.17) is 18.9 Å². The number of ether oxygens (including phenoxy) is 4. The van der Waals surface area contributed by atoms with Crippen LogP contribution in [0.2, 0.25) is 0 Å². The van der Waals surface area contributed by atoms with Crippen LogP contribution in [-0.4, -0.2) is 82.6 Å². The van der Waals surface area contributed by atoms with Crippen LogP contribution in [0.25, 0.3) is 21.5 Å². The summed E-state index contributed by atoms with van der Waals surface area (Å²) in [5, 5.41) is 39.6. The summed E-state index contributed by atoms with van der Waals surface area (Å²) in [5.41, 5.74) is 7.35. The molecule has 0 radical (unpaired) electrons. The highest BCUT2D eigenvalue weighted by Gasteiger charge is 2.20. The third-order valence-corrected chi connectivity index (χ3v) is 16.0. The van der Waals surface area contributed by atoms with Gasteiger partial charge in [-0.25, -0.2) is 0 Å². The smallest absolute Gasteiger partial charge is 0.294 e. The number of hydrogen-bond acceptors (Lipinski definition) is 19. The fourth-order valence-corrected chi connectivity index (χ4v) is 10.5. The van der Waals surface area contributed by atoms with Gasteiger partial charge in [0.2, 0.25) is 0 Å². The van der Waals surface area contributed by atoms with Gasteiger partial charge in [0.25, 0.3) is 30.4 Å². The second-order valence-electron chi connectivity index (χ2n) is 20.8. The van der Waals surface area contributed by atoms with Crippen molar-refractivity contribution in [1.82, 2.24) is 0 Å². The summed E-state index contributed by atoms with van der Waals surface area (Å²) in [6.45, 7) is 11.7. The van der Waals surface area contributed by atoms with E-state index in [9.17, 15) is 43.7 Å². The van der Waals surface area contributed by atoms with Crippen LogP contribution in [0.1, 0.15) is 72.9 Å². The van der Waals surface area contributed by atoms with Gasteiger partial charge in [-0.3, -0.25) is 18.5 Å². The number of aryl methyl sites for hydroxylation is 4. The van der Waals surface area contributed by atoms with E-state index in [0.29, 0.717) is 104 Å². The van der Waals surface area contributed by atoms with Crippen molar-refractivity contribution >= 4 is 103 Å². The number of carbonyl (C=O) groups excluding carboxylic acids is 1. The zero-order valence-corrected chi connectivity index (χ0v) is 51.7. The summed E-state index contributed by atoms with van der Waals surface area (Å²) in [5.74, 6) is -0.0761. The first-order chi connectivity index (χ1) is 41.9. The molecule has 25 heteroatoms. The molecule has 3 N–H and O–H groups in total. The van der Waals surface area contributed by atoms with Crippen molar-refractivity contribution < 1.29 is 62.7 Å². The van der Waals surface area contributed by atoms with Gasteiger partial charge in [0, 0.05) is 48.2 Å². The number of hydrogen-bond donors (Lipinski definition) is 3. The summed E-state index contributed by atoms with van der Waals surface area (Å²) in [4.78, 5) is 14.0. The lowest BCUT2D eigenvalue weighted by atomic mass is 9.98. The van der Waals surface area contributed by atoms with Gasteiger partial charge in [0.1, 0.15) is 40.2 Å². The molecule has 0 spiro atoms. The number of rotatable bonds is 29. The number of nitrogens with zero attached hydrogens (tertiary/aromatic N) is 8. The molecule has 88 heavy (non-hydrogen) atoms. The fourth-order valence-electron chi connectivity index (χ4n) is 9.03. The number of carbonyl (C=O) groups is 1. The Labute approximate surface area is 510 Å². The Morgan fingerprint density at radius 1 is 0.398 bits per heavy atom. The number of ketones is 1. The summed E-state index contributed by atoms with van der Waals surface area (Å²) in [7, 11) is -13.0. The van der Waals surface area contributed by atoms with Crippen LogP contribution in [-0.2, 0) is 48.0 Å². The molecule has 0 amide bonds. The van der Waals surface area contributed by atoms with Gasteiger partial charge < -0.3 is 18.9 Å². The Balaban J connectivity index is 1.04. The van der Waals surface area contributed by atoms with Crippen LogP contribution in [0.15, 0.2) is 173 Å². The molecule has 0 aliphatic rings. The van der Waals surface area contributed by atoms with Crippen LogP contribution in [0.5, 0.6) is 23.0 Å².